The third-order valence-corrected chi connectivity index (χ3v) is 1.66. The van der Waals surface area contributed by atoms with Gasteiger partial charge in [-0.25, -0.2) is 9.18 Å². The maximum absolute atomic E-state index is 13.3. The normalized spacial score (nSPS) is 9.85. The molecule has 1 aromatic heterocycles. The SMILES string of the molecule is COC(=O)c1cc(C)nc(C)c1F. The zero-order valence-electron chi connectivity index (χ0n) is 7.72. The number of rotatable bonds is 1. The molecule has 70 valence electrons. The highest BCUT2D eigenvalue weighted by Crippen LogP contribution is 2.12. The summed E-state index contributed by atoms with van der Waals surface area (Å²) in [5.41, 5.74) is 0.743. The first-order valence-electron chi connectivity index (χ1n) is 3.78. The number of hydrogen-bond acceptors (Lipinski definition) is 3. The molecule has 0 amide bonds. The standard InChI is InChI=1S/C9H10FNO2/c1-5-4-7(9(12)13-3)8(10)6(2)11-5/h4H,1-3H3. The van der Waals surface area contributed by atoms with E-state index in [4.69, 9.17) is 0 Å². The number of hydrogen-bond donors (Lipinski definition) is 0. The summed E-state index contributed by atoms with van der Waals surface area (Å²) in [5.74, 6) is -1.29. The van der Waals surface area contributed by atoms with Crippen molar-refractivity contribution in [3.05, 3.63) is 28.8 Å². The molecule has 0 aromatic carbocycles. The molecule has 0 saturated heterocycles. The topological polar surface area (TPSA) is 39.2 Å². The average Bonchev–Trinajstić information content (AvgIpc) is 2.10. The number of ether oxygens (including phenoxy) is 1. The van der Waals surface area contributed by atoms with Gasteiger partial charge in [-0.05, 0) is 19.9 Å². The first-order chi connectivity index (χ1) is 6.06. The molecule has 4 heteroatoms. The van der Waals surface area contributed by atoms with E-state index in [2.05, 4.69) is 9.72 Å². The van der Waals surface area contributed by atoms with E-state index in [0.29, 0.717) is 5.69 Å². The van der Waals surface area contributed by atoms with Gasteiger partial charge in [-0.15, -0.1) is 0 Å². The Balaban J connectivity index is 3.28. The predicted molar refractivity (Wildman–Crippen MR) is 45.0 cm³/mol. The number of carbonyl (C=O) groups is 1. The minimum atomic E-state index is -0.675. The molecule has 13 heavy (non-hydrogen) atoms. The molecule has 0 atom stereocenters. The molecule has 0 aliphatic heterocycles. The van der Waals surface area contributed by atoms with E-state index < -0.39 is 11.8 Å². The molecule has 3 nitrogen and oxygen atoms in total. The summed E-state index contributed by atoms with van der Waals surface area (Å²) in [4.78, 5) is 14.9. The highest BCUT2D eigenvalue weighted by Gasteiger charge is 2.15. The molecule has 0 aliphatic rings. The molecule has 1 aromatic rings. The quantitative estimate of drug-likeness (QED) is 0.621. The molecule has 0 spiro atoms. The van der Waals surface area contributed by atoms with Crippen LogP contribution in [0.15, 0.2) is 6.07 Å². The third kappa shape index (κ3) is 1.83. The Morgan fingerprint density at radius 2 is 2.15 bits per heavy atom. The van der Waals surface area contributed by atoms with Crippen LogP contribution in [0.3, 0.4) is 0 Å². The van der Waals surface area contributed by atoms with E-state index in [1.165, 1.54) is 20.1 Å². The lowest BCUT2D eigenvalue weighted by atomic mass is 10.2. The number of pyridine rings is 1. The van der Waals surface area contributed by atoms with Crippen molar-refractivity contribution in [1.82, 2.24) is 4.98 Å². The second kappa shape index (κ2) is 3.51. The summed E-state index contributed by atoms with van der Waals surface area (Å²) in [5, 5.41) is 0. The van der Waals surface area contributed by atoms with E-state index >= 15 is 0 Å². The van der Waals surface area contributed by atoms with Crippen molar-refractivity contribution in [3.63, 3.8) is 0 Å². The number of aryl methyl sites for hydroxylation is 2. The van der Waals surface area contributed by atoms with Crippen molar-refractivity contribution >= 4 is 5.97 Å². The summed E-state index contributed by atoms with van der Waals surface area (Å²) in [6.45, 7) is 3.20. The van der Waals surface area contributed by atoms with Gasteiger partial charge in [-0.2, -0.15) is 0 Å². The van der Waals surface area contributed by atoms with Crippen LogP contribution in [0, 0.1) is 19.7 Å². The lowest BCUT2D eigenvalue weighted by Gasteiger charge is -2.04. The van der Waals surface area contributed by atoms with E-state index in [0.717, 1.165) is 0 Å². The van der Waals surface area contributed by atoms with Gasteiger partial charge in [-0.1, -0.05) is 0 Å². The lowest BCUT2D eigenvalue weighted by Crippen LogP contribution is -2.07. The van der Waals surface area contributed by atoms with Gasteiger partial charge in [0.05, 0.1) is 18.4 Å². The fourth-order valence-corrected chi connectivity index (χ4v) is 1.07. The maximum atomic E-state index is 13.3. The molecule has 0 bridgehead atoms. The first-order valence-corrected chi connectivity index (χ1v) is 3.78. The second-order valence-electron chi connectivity index (χ2n) is 2.70. The van der Waals surface area contributed by atoms with Crippen LogP contribution in [0.2, 0.25) is 0 Å². The summed E-state index contributed by atoms with van der Waals surface area (Å²) in [6, 6.07) is 1.37. The summed E-state index contributed by atoms with van der Waals surface area (Å²) in [6.07, 6.45) is 0. The number of nitrogens with zero attached hydrogens (tertiary/aromatic N) is 1. The zero-order chi connectivity index (χ0) is 10.0. The molecule has 1 heterocycles. The van der Waals surface area contributed by atoms with Gasteiger partial charge in [0.25, 0.3) is 0 Å². The Bertz CT molecular complexity index is 350. The van der Waals surface area contributed by atoms with Crippen LogP contribution in [0.5, 0.6) is 0 Å². The Morgan fingerprint density at radius 1 is 1.54 bits per heavy atom. The molecule has 0 fully saturated rings. The zero-order valence-corrected chi connectivity index (χ0v) is 7.72. The number of methoxy groups -OCH3 is 1. The van der Waals surface area contributed by atoms with Gasteiger partial charge < -0.3 is 4.74 Å². The Kier molecular flexibility index (Phi) is 2.60. The van der Waals surface area contributed by atoms with E-state index in [1.807, 2.05) is 0 Å². The number of esters is 1. The summed E-state index contributed by atoms with van der Waals surface area (Å²) in [7, 11) is 1.22. The van der Waals surface area contributed by atoms with Crippen molar-refractivity contribution in [2.24, 2.45) is 0 Å². The van der Waals surface area contributed by atoms with Crippen LogP contribution in [0.4, 0.5) is 4.39 Å². The fourth-order valence-electron chi connectivity index (χ4n) is 1.07. The fraction of sp³-hybridized carbons (Fsp3) is 0.333. The van der Waals surface area contributed by atoms with Crippen LogP contribution >= 0.6 is 0 Å². The second-order valence-corrected chi connectivity index (χ2v) is 2.70. The average molecular weight is 183 g/mol. The van der Waals surface area contributed by atoms with E-state index in [1.54, 1.807) is 6.92 Å². The summed E-state index contributed by atoms with van der Waals surface area (Å²) >= 11 is 0. The maximum Gasteiger partial charge on any atom is 0.340 e. The molecular weight excluding hydrogens is 173 g/mol. The van der Waals surface area contributed by atoms with Crippen LogP contribution in [0.25, 0.3) is 0 Å². The minimum Gasteiger partial charge on any atom is -0.465 e. The molecule has 0 unspecified atom stereocenters. The van der Waals surface area contributed by atoms with Gasteiger partial charge in [0.15, 0.2) is 5.82 Å². The number of aromatic nitrogens is 1. The van der Waals surface area contributed by atoms with Crippen LogP contribution < -0.4 is 0 Å². The van der Waals surface area contributed by atoms with Gasteiger partial charge in [0.1, 0.15) is 0 Å². The molecular formula is C9H10FNO2. The van der Waals surface area contributed by atoms with Crippen molar-refractivity contribution in [2.45, 2.75) is 13.8 Å². The molecule has 1 rings (SSSR count). The van der Waals surface area contributed by atoms with E-state index in [9.17, 15) is 9.18 Å². The van der Waals surface area contributed by atoms with Crippen LogP contribution in [0.1, 0.15) is 21.7 Å². The Morgan fingerprint density at radius 3 is 2.69 bits per heavy atom. The monoisotopic (exact) mass is 183 g/mol. The van der Waals surface area contributed by atoms with Crippen LogP contribution in [-0.4, -0.2) is 18.1 Å². The van der Waals surface area contributed by atoms with Gasteiger partial charge in [0, 0.05) is 5.69 Å². The Hall–Kier alpha value is -1.45. The lowest BCUT2D eigenvalue weighted by molar-refractivity contribution is 0.0595. The van der Waals surface area contributed by atoms with Gasteiger partial charge in [-0.3, -0.25) is 4.98 Å². The molecule has 0 saturated carbocycles. The number of carbonyl (C=O) groups excluding carboxylic acids is 1. The third-order valence-electron chi connectivity index (χ3n) is 1.66. The van der Waals surface area contributed by atoms with Gasteiger partial charge in [0.2, 0.25) is 0 Å². The van der Waals surface area contributed by atoms with Crippen molar-refractivity contribution in [1.29, 1.82) is 0 Å². The van der Waals surface area contributed by atoms with Crippen molar-refractivity contribution < 1.29 is 13.9 Å². The molecule has 0 aliphatic carbocycles. The summed E-state index contributed by atoms with van der Waals surface area (Å²) < 4.78 is 17.7. The highest BCUT2D eigenvalue weighted by atomic mass is 19.1. The van der Waals surface area contributed by atoms with Gasteiger partial charge >= 0.3 is 5.97 Å². The van der Waals surface area contributed by atoms with Crippen molar-refractivity contribution in [3.8, 4) is 0 Å². The van der Waals surface area contributed by atoms with Crippen molar-refractivity contribution in [2.75, 3.05) is 7.11 Å². The first kappa shape index (κ1) is 9.64. The van der Waals surface area contributed by atoms with Crippen LogP contribution in [-0.2, 0) is 4.74 Å². The number of halogens is 1. The molecule has 0 radical (unpaired) electrons. The largest absolute Gasteiger partial charge is 0.465 e. The predicted octanol–water partition coefficient (Wildman–Crippen LogP) is 1.62. The Labute approximate surface area is 75.6 Å². The highest BCUT2D eigenvalue weighted by molar-refractivity contribution is 5.89. The minimum absolute atomic E-state index is 0.0625. The molecule has 0 N–H and O–H groups in total. The van der Waals surface area contributed by atoms with E-state index in [-0.39, 0.29) is 11.3 Å². The smallest absolute Gasteiger partial charge is 0.340 e.